The van der Waals surface area contributed by atoms with Crippen LogP contribution in [-0.2, 0) is 10.3 Å². The van der Waals surface area contributed by atoms with Gasteiger partial charge in [-0.1, -0.05) is 168 Å². The topological polar surface area (TPSA) is 0 Å². The summed E-state index contributed by atoms with van der Waals surface area (Å²) >= 11 is 0. The minimum Gasteiger partial charge on any atom is -0.117 e. The van der Waals surface area contributed by atoms with Gasteiger partial charge in [-0.25, -0.2) is 0 Å². The van der Waals surface area contributed by atoms with Crippen LogP contribution in [0.2, 0.25) is 0 Å². The molecule has 0 saturated carbocycles. The van der Waals surface area contributed by atoms with Crippen LogP contribution < -0.4 is 0 Å². The minimum absolute atomic E-state index is 0.456. The molecule has 0 heterocycles. The first-order valence-corrected chi connectivity index (χ1v) is 16.4. The monoisotopic (exact) mass is 606 g/mol. The van der Waals surface area contributed by atoms with E-state index < -0.39 is 10.3 Å². The van der Waals surface area contributed by atoms with Crippen molar-refractivity contribution in [3.05, 3.63) is 201 Å². The summed E-state index contributed by atoms with van der Waals surface area (Å²) in [6, 6.07) is 53.9. The molecule has 6 rings (SSSR count). The predicted octanol–water partition coefficient (Wildman–Crippen LogP) is 10.9. The van der Waals surface area contributed by atoms with Gasteiger partial charge < -0.3 is 0 Å². The van der Waals surface area contributed by atoms with E-state index in [9.17, 15) is 0 Å². The lowest BCUT2D eigenvalue weighted by molar-refractivity contribution is 0.884. The van der Waals surface area contributed by atoms with Crippen molar-refractivity contribution < 1.29 is 0 Å². The molecule has 0 fully saturated rings. The number of hydrogen-bond donors (Lipinski definition) is 0. The fourth-order valence-corrected chi connectivity index (χ4v) is 7.62. The Labute approximate surface area is 268 Å². The van der Waals surface area contributed by atoms with E-state index in [0.29, 0.717) is 0 Å². The van der Waals surface area contributed by atoms with E-state index in [4.69, 9.17) is 0 Å². The largest absolute Gasteiger partial charge is 0.117 e. The van der Waals surface area contributed by atoms with Crippen molar-refractivity contribution in [1.29, 1.82) is 0 Å². The van der Waals surface area contributed by atoms with Gasteiger partial charge in [0.1, 0.15) is 0 Å². The van der Waals surface area contributed by atoms with Gasteiger partial charge in [-0.15, -0.1) is 18.5 Å². The van der Waals surface area contributed by atoms with Gasteiger partial charge in [-0.3, -0.25) is 0 Å². The zero-order chi connectivity index (χ0) is 30.9. The van der Waals surface area contributed by atoms with Gasteiger partial charge in [0.05, 0.1) is 10.3 Å². The molecular formula is C42H40P2. The molecular weight excluding hydrogens is 566 g/mol. The Morgan fingerprint density at radius 1 is 0.318 bits per heavy atom. The van der Waals surface area contributed by atoms with Crippen LogP contribution in [0.25, 0.3) is 11.1 Å². The highest BCUT2D eigenvalue weighted by molar-refractivity contribution is 7.19. The third-order valence-electron chi connectivity index (χ3n) is 9.02. The zero-order valence-electron chi connectivity index (χ0n) is 26.0. The molecule has 0 nitrogen and oxygen atoms in total. The first kappa shape index (κ1) is 30.2. The van der Waals surface area contributed by atoms with Crippen molar-refractivity contribution in [2.45, 2.75) is 38.0 Å². The predicted molar refractivity (Wildman–Crippen MR) is 196 cm³/mol. The minimum atomic E-state index is -0.456. The molecule has 0 aromatic heterocycles. The van der Waals surface area contributed by atoms with Crippen LogP contribution in [0.3, 0.4) is 0 Å². The fraction of sp³-hybridized carbons (Fsp3) is 0.143. The highest BCUT2D eigenvalue weighted by Gasteiger charge is 2.37. The van der Waals surface area contributed by atoms with Crippen molar-refractivity contribution in [2.75, 3.05) is 0 Å². The summed E-state index contributed by atoms with van der Waals surface area (Å²) in [5.74, 6) is 0. The Kier molecular flexibility index (Phi) is 8.44. The standard InChI is InChI=1S/C42H40P2/c1-29-13-21-33(22-14-29)41(43,34-23-15-30(2)16-24-34)39-11-7-5-9-37(39)38-10-6-8-12-40(38)42(44,35-25-17-31(3)18-26-35)36-27-19-32(4)20-28-36/h5-28H,43-44H2,1-4H3. The second kappa shape index (κ2) is 12.3. The summed E-state index contributed by atoms with van der Waals surface area (Å²) < 4.78 is 0. The third-order valence-corrected chi connectivity index (χ3v) is 11.0. The van der Waals surface area contributed by atoms with Crippen LogP contribution >= 0.6 is 18.5 Å². The number of hydrogen-bond acceptors (Lipinski definition) is 0. The van der Waals surface area contributed by atoms with Crippen LogP contribution in [0, 0.1) is 27.7 Å². The zero-order valence-corrected chi connectivity index (χ0v) is 28.3. The van der Waals surface area contributed by atoms with Gasteiger partial charge in [-0.2, -0.15) is 0 Å². The molecule has 0 aliphatic carbocycles. The maximum atomic E-state index is 3.27. The van der Waals surface area contributed by atoms with Crippen LogP contribution in [0.5, 0.6) is 0 Å². The van der Waals surface area contributed by atoms with Crippen LogP contribution in [0.1, 0.15) is 55.6 Å². The molecule has 6 aromatic carbocycles. The average molecular weight is 607 g/mol. The van der Waals surface area contributed by atoms with Crippen molar-refractivity contribution in [2.24, 2.45) is 0 Å². The Morgan fingerprint density at radius 2 is 0.545 bits per heavy atom. The van der Waals surface area contributed by atoms with Gasteiger partial charge in [0, 0.05) is 0 Å². The maximum absolute atomic E-state index is 3.27. The van der Waals surface area contributed by atoms with Crippen molar-refractivity contribution in [3.63, 3.8) is 0 Å². The van der Waals surface area contributed by atoms with E-state index in [1.807, 2.05) is 0 Å². The van der Waals surface area contributed by atoms with E-state index in [-0.39, 0.29) is 0 Å². The smallest absolute Gasteiger partial charge is 0.0597 e. The van der Waals surface area contributed by atoms with Crippen LogP contribution in [-0.4, -0.2) is 0 Å². The third kappa shape index (κ3) is 5.48. The molecule has 6 aromatic rings. The van der Waals surface area contributed by atoms with Crippen molar-refractivity contribution in [3.8, 4) is 11.1 Å². The lowest BCUT2D eigenvalue weighted by atomic mass is 9.76. The molecule has 2 atom stereocenters. The van der Waals surface area contributed by atoms with E-state index >= 15 is 0 Å². The number of benzene rings is 6. The molecule has 0 amide bonds. The van der Waals surface area contributed by atoms with Gasteiger partial charge in [0.25, 0.3) is 0 Å². The van der Waals surface area contributed by atoms with Gasteiger partial charge in [0.2, 0.25) is 0 Å². The fourth-order valence-electron chi connectivity index (χ4n) is 6.34. The Bertz CT molecular complexity index is 1650. The molecule has 44 heavy (non-hydrogen) atoms. The van der Waals surface area contributed by atoms with Gasteiger partial charge in [-0.05, 0) is 72.2 Å². The van der Waals surface area contributed by atoms with Gasteiger partial charge in [0.15, 0.2) is 0 Å². The Morgan fingerprint density at radius 3 is 0.795 bits per heavy atom. The average Bonchev–Trinajstić information content (AvgIpc) is 3.05. The second-order valence-corrected chi connectivity index (χ2v) is 13.9. The van der Waals surface area contributed by atoms with Crippen molar-refractivity contribution >= 4 is 18.5 Å². The summed E-state index contributed by atoms with van der Waals surface area (Å²) in [7, 11) is 6.55. The SMILES string of the molecule is Cc1ccc(C(P)(c2ccc(C)cc2)c2ccccc2-c2ccccc2C(P)(c2ccc(C)cc2)c2ccc(C)cc2)cc1. The lowest BCUT2D eigenvalue weighted by Crippen LogP contribution is -2.25. The van der Waals surface area contributed by atoms with E-state index in [1.165, 1.54) is 66.8 Å². The quantitative estimate of drug-likeness (QED) is 0.125. The van der Waals surface area contributed by atoms with E-state index in [2.05, 4.69) is 192 Å². The molecule has 0 N–H and O–H groups in total. The highest BCUT2D eigenvalue weighted by Crippen LogP contribution is 2.52. The summed E-state index contributed by atoms with van der Waals surface area (Å²) in [6.45, 7) is 8.61. The molecule has 2 heteroatoms. The molecule has 0 spiro atoms. The summed E-state index contributed by atoms with van der Waals surface area (Å²) in [4.78, 5) is 0. The summed E-state index contributed by atoms with van der Waals surface area (Å²) in [5, 5.41) is -0.912. The normalized spacial score (nSPS) is 11.9. The molecule has 0 bridgehead atoms. The molecule has 0 radical (unpaired) electrons. The van der Waals surface area contributed by atoms with Gasteiger partial charge >= 0.3 is 0 Å². The number of rotatable bonds is 7. The first-order valence-electron chi connectivity index (χ1n) is 15.3. The molecule has 2 unspecified atom stereocenters. The highest BCUT2D eigenvalue weighted by atomic mass is 31.0. The second-order valence-electron chi connectivity index (χ2n) is 12.2. The molecule has 0 aliphatic heterocycles. The van der Waals surface area contributed by atoms with E-state index in [0.717, 1.165) is 0 Å². The maximum Gasteiger partial charge on any atom is 0.0597 e. The molecule has 0 aliphatic rings. The molecule has 0 saturated heterocycles. The van der Waals surface area contributed by atoms with Crippen LogP contribution in [0.15, 0.2) is 146 Å². The summed E-state index contributed by atoms with van der Waals surface area (Å²) in [5.41, 5.74) is 15.0. The Balaban J connectivity index is 1.64. The van der Waals surface area contributed by atoms with Crippen LogP contribution in [0.4, 0.5) is 0 Å². The Hall–Kier alpha value is -3.82. The first-order chi connectivity index (χ1) is 21.2. The molecule has 218 valence electrons. The number of aryl methyl sites for hydroxylation is 4. The summed E-state index contributed by atoms with van der Waals surface area (Å²) in [6.07, 6.45) is 0. The lowest BCUT2D eigenvalue weighted by Gasteiger charge is -2.37. The van der Waals surface area contributed by atoms with Crippen molar-refractivity contribution in [1.82, 2.24) is 0 Å². The van der Waals surface area contributed by atoms with E-state index in [1.54, 1.807) is 0 Å².